The standard InChI is InChI=1S/C22H19N5O2/c1-29-21-17(22(28)25-13-15-5-3-2-4-6-15)8-10-19-20(21)18(26-27-19)9-7-16-14-23-11-12-24-16/h2-12,14H,13H2,1H3,(H,25,28)(H,26,27). The third-order valence-corrected chi connectivity index (χ3v) is 4.45. The van der Waals surface area contributed by atoms with E-state index in [1.54, 1.807) is 37.8 Å². The SMILES string of the molecule is COc1c(C(=O)NCc2ccccc2)ccc2n[nH]c(C=Cc3cnccn3)c12. The summed E-state index contributed by atoms with van der Waals surface area (Å²) in [5.74, 6) is 0.262. The molecule has 0 aliphatic carbocycles. The van der Waals surface area contributed by atoms with Crippen molar-refractivity contribution >= 4 is 29.0 Å². The molecular formula is C22H19N5O2. The lowest BCUT2D eigenvalue weighted by Gasteiger charge is -2.11. The molecule has 7 heteroatoms. The quantitative estimate of drug-likeness (QED) is 0.530. The minimum Gasteiger partial charge on any atom is -0.495 e. The third kappa shape index (κ3) is 3.98. The van der Waals surface area contributed by atoms with Crippen LogP contribution in [-0.4, -0.2) is 33.2 Å². The fourth-order valence-corrected chi connectivity index (χ4v) is 3.05. The molecule has 0 bridgehead atoms. The Morgan fingerprint density at radius 3 is 2.76 bits per heavy atom. The van der Waals surface area contributed by atoms with Gasteiger partial charge in [-0.25, -0.2) is 0 Å². The molecule has 144 valence electrons. The van der Waals surface area contributed by atoms with Gasteiger partial charge in [0.1, 0.15) is 5.75 Å². The molecule has 0 radical (unpaired) electrons. The van der Waals surface area contributed by atoms with Gasteiger partial charge in [0.25, 0.3) is 5.91 Å². The van der Waals surface area contributed by atoms with Crippen LogP contribution in [0.4, 0.5) is 0 Å². The number of carbonyl (C=O) groups excluding carboxylic acids is 1. The number of fused-ring (bicyclic) bond motifs is 1. The third-order valence-electron chi connectivity index (χ3n) is 4.45. The summed E-state index contributed by atoms with van der Waals surface area (Å²) < 4.78 is 5.60. The van der Waals surface area contributed by atoms with Crippen molar-refractivity contribution in [3.63, 3.8) is 0 Å². The lowest BCUT2D eigenvalue weighted by atomic mass is 10.1. The van der Waals surface area contributed by atoms with Crippen LogP contribution >= 0.6 is 0 Å². The van der Waals surface area contributed by atoms with E-state index in [1.807, 2.05) is 42.5 Å². The largest absolute Gasteiger partial charge is 0.495 e. The first-order valence-electron chi connectivity index (χ1n) is 9.07. The highest BCUT2D eigenvalue weighted by Gasteiger charge is 2.18. The van der Waals surface area contributed by atoms with Gasteiger partial charge >= 0.3 is 0 Å². The summed E-state index contributed by atoms with van der Waals surface area (Å²) in [6.07, 6.45) is 8.57. The number of amides is 1. The second-order valence-electron chi connectivity index (χ2n) is 6.31. The van der Waals surface area contributed by atoms with Crippen LogP contribution in [0, 0.1) is 0 Å². The van der Waals surface area contributed by atoms with Gasteiger partial charge in [-0.1, -0.05) is 30.3 Å². The Kier molecular flexibility index (Phi) is 5.29. The monoisotopic (exact) mass is 385 g/mol. The average Bonchev–Trinajstić information content (AvgIpc) is 3.20. The molecule has 0 aliphatic rings. The van der Waals surface area contributed by atoms with Gasteiger partial charge in [-0.2, -0.15) is 5.10 Å². The Bertz CT molecular complexity index is 1150. The van der Waals surface area contributed by atoms with Crippen molar-refractivity contribution in [3.05, 3.63) is 83.6 Å². The van der Waals surface area contributed by atoms with Crippen LogP contribution in [0.15, 0.2) is 61.1 Å². The molecule has 0 fully saturated rings. The summed E-state index contributed by atoms with van der Waals surface area (Å²) >= 11 is 0. The zero-order valence-corrected chi connectivity index (χ0v) is 15.8. The summed E-state index contributed by atoms with van der Waals surface area (Å²) in [4.78, 5) is 21.1. The lowest BCUT2D eigenvalue weighted by molar-refractivity contribution is 0.0948. The maximum absolute atomic E-state index is 12.8. The van der Waals surface area contributed by atoms with Crippen molar-refractivity contribution in [1.29, 1.82) is 0 Å². The van der Waals surface area contributed by atoms with Crippen molar-refractivity contribution in [2.75, 3.05) is 7.11 Å². The highest BCUT2D eigenvalue weighted by Crippen LogP contribution is 2.32. The Morgan fingerprint density at radius 1 is 1.14 bits per heavy atom. The number of ether oxygens (including phenoxy) is 1. The Labute approximate surface area is 167 Å². The Morgan fingerprint density at radius 2 is 2.00 bits per heavy atom. The first kappa shape index (κ1) is 18.4. The topological polar surface area (TPSA) is 92.8 Å². The molecule has 0 spiro atoms. The van der Waals surface area contributed by atoms with Gasteiger partial charge in [0.15, 0.2) is 0 Å². The summed E-state index contributed by atoms with van der Waals surface area (Å²) in [7, 11) is 1.55. The fourth-order valence-electron chi connectivity index (χ4n) is 3.05. The zero-order valence-electron chi connectivity index (χ0n) is 15.8. The normalized spacial score (nSPS) is 11.1. The molecule has 1 amide bonds. The van der Waals surface area contributed by atoms with Crippen molar-refractivity contribution in [3.8, 4) is 5.75 Å². The minimum atomic E-state index is -0.211. The van der Waals surface area contributed by atoms with Crippen LogP contribution in [0.3, 0.4) is 0 Å². The van der Waals surface area contributed by atoms with Crippen LogP contribution in [0.1, 0.15) is 27.3 Å². The number of benzene rings is 2. The van der Waals surface area contributed by atoms with Crippen molar-refractivity contribution < 1.29 is 9.53 Å². The van der Waals surface area contributed by atoms with E-state index in [1.165, 1.54) is 0 Å². The van der Waals surface area contributed by atoms with Gasteiger partial charge in [-0.05, 0) is 29.8 Å². The molecule has 2 N–H and O–H groups in total. The van der Waals surface area contributed by atoms with Gasteiger partial charge in [0, 0.05) is 18.9 Å². The fraction of sp³-hybridized carbons (Fsp3) is 0.0909. The van der Waals surface area contributed by atoms with E-state index < -0.39 is 0 Å². The van der Waals surface area contributed by atoms with Crippen LogP contribution in [0.2, 0.25) is 0 Å². The van der Waals surface area contributed by atoms with Crippen molar-refractivity contribution in [2.45, 2.75) is 6.54 Å². The smallest absolute Gasteiger partial charge is 0.255 e. The molecule has 0 unspecified atom stereocenters. The number of H-pyrrole nitrogens is 1. The van der Waals surface area contributed by atoms with Crippen LogP contribution in [0.5, 0.6) is 5.75 Å². The molecule has 0 aliphatic heterocycles. The number of aromatic amines is 1. The molecule has 0 saturated carbocycles. The first-order valence-corrected chi connectivity index (χ1v) is 9.07. The van der Waals surface area contributed by atoms with E-state index in [9.17, 15) is 4.79 Å². The molecular weight excluding hydrogens is 366 g/mol. The number of rotatable bonds is 6. The van der Waals surface area contributed by atoms with Gasteiger partial charge in [0.2, 0.25) is 0 Å². The molecule has 29 heavy (non-hydrogen) atoms. The van der Waals surface area contributed by atoms with Crippen molar-refractivity contribution in [1.82, 2.24) is 25.5 Å². The number of hydrogen-bond donors (Lipinski definition) is 2. The van der Waals surface area contributed by atoms with E-state index in [-0.39, 0.29) is 5.91 Å². The molecule has 2 aromatic carbocycles. The molecule has 0 atom stereocenters. The van der Waals surface area contributed by atoms with E-state index >= 15 is 0 Å². The number of hydrogen-bond acceptors (Lipinski definition) is 5. The predicted octanol–water partition coefficient (Wildman–Crippen LogP) is 3.46. The maximum Gasteiger partial charge on any atom is 0.255 e. The number of aromatic nitrogens is 4. The number of methoxy groups -OCH3 is 1. The van der Waals surface area contributed by atoms with Crippen LogP contribution in [-0.2, 0) is 6.54 Å². The summed E-state index contributed by atoms with van der Waals surface area (Å²) in [5, 5.41) is 11.0. The van der Waals surface area contributed by atoms with E-state index in [0.29, 0.717) is 29.1 Å². The summed E-state index contributed by atoms with van der Waals surface area (Å²) in [6, 6.07) is 13.3. The average molecular weight is 385 g/mol. The number of nitrogens with one attached hydrogen (secondary N) is 2. The van der Waals surface area contributed by atoms with E-state index in [2.05, 4.69) is 25.5 Å². The van der Waals surface area contributed by atoms with Crippen molar-refractivity contribution in [2.24, 2.45) is 0 Å². The van der Waals surface area contributed by atoms with Gasteiger partial charge < -0.3 is 10.1 Å². The second kappa shape index (κ2) is 8.35. The summed E-state index contributed by atoms with van der Waals surface area (Å²) in [6.45, 7) is 0.436. The Hall–Kier alpha value is -4.00. The zero-order chi connectivity index (χ0) is 20.1. The predicted molar refractivity (Wildman–Crippen MR) is 111 cm³/mol. The minimum absolute atomic E-state index is 0.211. The molecule has 2 aromatic heterocycles. The number of carbonyl (C=O) groups is 1. The van der Waals surface area contributed by atoms with Crippen LogP contribution < -0.4 is 10.1 Å². The lowest BCUT2D eigenvalue weighted by Crippen LogP contribution is -2.23. The molecule has 7 nitrogen and oxygen atoms in total. The van der Waals surface area contributed by atoms with Gasteiger partial charge in [-0.15, -0.1) is 0 Å². The first-order chi connectivity index (χ1) is 14.3. The molecule has 4 aromatic rings. The van der Waals surface area contributed by atoms with E-state index in [4.69, 9.17) is 4.74 Å². The Balaban J connectivity index is 1.65. The summed E-state index contributed by atoms with van der Waals surface area (Å²) in [5.41, 5.74) is 3.62. The van der Waals surface area contributed by atoms with E-state index in [0.717, 1.165) is 16.6 Å². The molecule has 4 rings (SSSR count). The highest BCUT2D eigenvalue weighted by molar-refractivity contribution is 6.05. The molecule has 0 saturated heterocycles. The highest BCUT2D eigenvalue weighted by atomic mass is 16.5. The second-order valence-corrected chi connectivity index (χ2v) is 6.31. The van der Waals surface area contributed by atoms with Gasteiger partial charge in [0.05, 0.1) is 41.2 Å². The number of nitrogens with zero attached hydrogens (tertiary/aromatic N) is 3. The maximum atomic E-state index is 12.8. The van der Waals surface area contributed by atoms with Crippen LogP contribution in [0.25, 0.3) is 23.1 Å². The van der Waals surface area contributed by atoms with Gasteiger partial charge in [-0.3, -0.25) is 19.9 Å². The molecule has 2 heterocycles.